The highest BCUT2D eigenvalue weighted by Gasteiger charge is 2.15. The van der Waals surface area contributed by atoms with E-state index in [1.165, 1.54) is 19.2 Å². The number of carbonyl (C=O) groups excluding carboxylic acids is 1. The van der Waals surface area contributed by atoms with Crippen LogP contribution in [0, 0.1) is 5.82 Å². The Morgan fingerprint density at radius 3 is 2.80 bits per heavy atom. The maximum Gasteiger partial charge on any atom is 0.169 e. The van der Waals surface area contributed by atoms with Crippen molar-refractivity contribution < 1.29 is 13.9 Å². The minimum Gasteiger partial charge on any atom is -0.495 e. The van der Waals surface area contributed by atoms with Crippen LogP contribution in [0.4, 0.5) is 10.1 Å². The van der Waals surface area contributed by atoms with Crippen molar-refractivity contribution in [1.82, 2.24) is 0 Å². The Morgan fingerprint density at radius 2 is 2.10 bits per heavy atom. The molecule has 0 unspecified atom stereocenters. The first-order chi connectivity index (χ1) is 9.52. The Bertz CT molecular complexity index is 658. The largest absolute Gasteiger partial charge is 0.495 e. The Kier molecular flexibility index (Phi) is 4.39. The van der Waals surface area contributed by atoms with Gasteiger partial charge < -0.3 is 10.5 Å². The fourth-order valence-electron chi connectivity index (χ4n) is 1.91. The van der Waals surface area contributed by atoms with Crippen LogP contribution in [-0.2, 0) is 6.42 Å². The molecule has 0 saturated heterocycles. The van der Waals surface area contributed by atoms with Crippen molar-refractivity contribution in [3.63, 3.8) is 0 Å². The van der Waals surface area contributed by atoms with Gasteiger partial charge in [0.15, 0.2) is 5.78 Å². The van der Waals surface area contributed by atoms with E-state index in [9.17, 15) is 9.18 Å². The van der Waals surface area contributed by atoms with E-state index in [0.717, 1.165) is 0 Å². The molecule has 0 aliphatic carbocycles. The summed E-state index contributed by atoms with van der Waals surface area (Å²) >= 11 is 3.30. The van der Waals surface area contributed by atoms with Crippen molar-refractivity contribution in [2.24, 2.45) is 0 Å². The highest BCUT2D eigenvalue weighted by molar-refractivity contribution is 9.10. The summed E-state index contributed by atoms with van der Waals surface area (Å²) in [5.41, 5.74) is 7.14. The first-order valence-electron chi connectivity index (χ1n) is 5.92. The topological polar surface area (TPSA) is 52.3 Å². The molecule has 0 atom stereocenters. The molecule has 0 aliphatic heterocycles. The van der Waals surface area contributed by atoms with E-state index < -0.39 is 0 Å². The summed E-state index contributed by atoms with van der Waals surface area (Å²) in [6.45, 7) is 0. The zero-order valence-electron chi connectivity index (χ0n) is 10.8. The fraction of sp³-hybridized carbons (Fsp3) is 0.133. The molecular weight excluding hydrogens is 325 g/mol. The SMILES string of the molecule is COc1cccc(C(=O)Cc2cc(F)ccc2Br)c1N. The Balaban J connectivity index is 2.31. The van der Waals surface area contributed by atoms with Crippen LogP contribution < -0.4 is 10.5 Å². The molecule has 5 heteroatoms. The molecule has 3 nitrogen and oxygen atoms in total. The van der Waals surface area contributed by atoms with Crippen LogP contribution in [0.1, 0.15) is 15.9 Å². The minimum atomic E-state index is -0.380. The van der Waals surface area contributed by atoms with Crippen molar-refractivity contribution in [2.45, 2.75) is 6.42 Å². The molecule has 2 rings (SSSR count). The van der Waals surface area contributed by atoms with Crippen molar-refractivity contribution in [1.29, 1.82) is 0 Å². The number of halogens is 2. The van der Waals surface area contributed by atoms with Crippen LogP contribution >= 0.6 is 15.9 Å². The third kappa shape index (κ3) is 2.99. The zero-order chi connectivity index (χ0) is 14.7. The van der Waals surface area contributed by atoms with Gasteiger partial charge in [-0.25, -0.2) is 4.39 Å². The predicted molar refractivity (Wildman–Crippen MR) is 79.5 cm³/mol. The quantitative estimate of drug-likeness (QED) is 0.685. The summed E-state index contributed by atoms with van der Waals surface area (Å²) in [4.78, 5) is 12.3. The maximum atomic E-state index is 13.2. The maximum absolute atomic E-state index is 13.2. The average Bonchev–Trinajstić information content (AvgIpc) is 2.43. The summed E-state index contributed by atoms with van der Waals surface area (Å²) in [6.07, 6.45) is 0.0652. The lowest BCUT2D eigenvalue weighted by Gasteiger charge is -2.10. The molecule has 0 bridgehead atoms. The van der Waals surface area contributed by atoms with E-state index in [1.54, 1.807) is 24.3 Å². The van der Waals surface area contributed by atoms with Gasteiger partial charge in [0.05, 0.1) is 12.8 Å². The monoisotopic (exact) mass is 337 g/mol. The number of carbonyl (C=O) groups is 1. The van der Waals surface area contributed by atoms with Gasteiger partial charge in [0.1, 0.15) is 11.6 Å². The molecule has 0 saturated carbocycles. The lowest BCUT2D eigenvalue weighted by atomic mass is 10.0. The Labute approximate surface area is 124 Å². The van der Waals surface area contributed by atoms with E-state index in [1.807, 2.05) is 0 Å². The van der Waals surface area contributed by atoms with Crippen molar-refractivity contribution in [2.75, 3.05) is 12.8 Å². The number of hydrogen-bond donors (Lipinski definition) is 1. The molecule has 2 aromatic carbocycles. The molecule has 0 amide bonds. The molecule has 0 aromatic heterocycles. The second kappa shape index (κ2) is 6.05. The summed E-state index contributed by atoms with van der Waals surface area (Å²) in [7, 11) is 1.49. The first kappa shape index (κ1) is 14.5. The van der Waals surface area contributed by atoms with Crippen LogP contribution in [0.25, 0.3) is 0 Å². The predicted octanol–water partition coefficient (Wildman–Crippen LogP) is 3.60. The molecule has 0 radical (unpaired) electrons. The number of ketones is 1. The lowest BCUT2D eigenvalue weighted by molar-refractivity contribution is 0.0993. The molecular formula is C15H13BrFNO2. The molecule has 2 N–H and O–H groups in total. The standard InChI is InChI=1S/C15H13BrFNO2/c1-20-14-4-2-3-11(15(14)18)13(19)8-9-7-10(17)5-6-12(9)16/h2-7H,8,18H2,1H3. The zero-order valence-corrected chi connectivity index (χ0v) is 12.4. The lowest BCUT2D eigenvalue weighted by Crippen LogP contribution is -2.08. The number of anilines is 1. The summed E-state index contributed by atoms with van der Waals surface area (Å²) < 4.78 is 19.0. The van der Waals surface area contributed by atoms with Crippen molar-refractivity contribution in [3.8, 4) is 5.75 Å². The smallest absolute Gasteiger partial charge is 0.169 e. The van der Waals surface area contributed by atoms with Crippen LogP contribution in [0.15, 0.2) is 40.9 Å². The van der Waals surface area contributed by atoms with Gasteiger partial charge in [-0.15, -0.1) is 0 Å². The average molecular weight is 338 g/mol. The molecule has 0 heterocycles. The van der Waals surface area contributed by atoms with Gasteiger partial charge in [-0.2, -0.15) is 0 Å². The van der Waals surface area contributed by atoms with Crippen molar-refractivity contribution >= 4 is 27.4 Å². The third-order valence-electron chi connectivity index (χ3n) is 2.95. The van der Waals surface area contributed by atoms with Gasteiger partial charge in [0.25, 0.3) is 0 Å². The first-order valence-corrected chi connectivity index (χ1v) is 6.72. The van der Waals surface area contributed by atoms with Gasteiger partial charge in [-0.05, 0) is 35.9 Å². The van der Waals surface area contributed by atoms with E-state index >= 15 is 0 Å². The number of nitrogen functional groups attached to an aromatic ring is 1. The van der Waals surface area contributed by atoms with Gasteiger partial charge >= 0.3 is 0 Å². The number of ether oxygens (including phenoxy) is 1. The Hall–Kier alpha value is -1.88. The number of para-hydroxylation sites is 1. The number of nitrogens with two attached hydrogens (primary N) is 1. The second-order valence-corrected chi connectivity index (χ2v) is 5.11. The molecule has 0 fully saturated rings. The molecule has 104 valence electrons. The number of methoxy groups -OCH3 is 1. The molecule has 0 aliphatic rings. The Morgan fingerprint density at radius 1 is 1.35 bits per heavy atom. The van der Waals surface area contributed by atoms with Gasteiger partial charge in [-0.3, -0.25) is 4.79 Å². The highest BCUT2D eigenvalue weighted by atomic mass is 79.9. The number of hydrogen-bond acceptors (Lipinski definition) is 3. The summed E-state index contributed by atoms with van der Waals surface area (Å²) in [6, 6.07) is 9.25. The highest BCUT2D eigenvalue weighted by Crippen LogP contribution is 2.27. The minimum absolute atomic E-state index is 0.0652. The summed E-state index contributed by atoms with van der Waals surface area (Å²) in [5.74, 6) is -0.114. The van der Waals surface area contributed by atoms with Crippen LogP contribution in [0.3, 0.4) is 0 Å². The fourth-order valence-corrected chi connectivity index (χ4v) is 2.30. The third-order valence-corrected chi connectivity index (χ3v) is 3.72. The van der Waals surface area contributed by atoms with Crippen molar-refractivity contribution in [3.05, 3.63) is 57.8 Å². The van der Waals surface area contributed by atoms with Gasteiger partial charge in [0, 0.05) is 16.5 Å². The number of Topliss-reactive ketones (excluding diaryl/α,β-unsaturated/α-hetero) is 1. The van der Waals surface area contributed by atoms with E-state index in [0.29, 0.717) is 27.0 Å². The number of benzene rings is 2. The second-order valence-electron chi connectivity index (χ2n) is 4.26. The van der Waals surface area contributed by atoms with E-state index in [-0.39, 0.29) is 18.0 Å². The molecule has 20 heavy (non-hydrogen) atoms. The number of rotatable bonds is 4. The van der Waals surface area contributed by atoms with E-state index in [2.05, 4.69) is 15.9 Å². The molecule has 2 aromatic rings. The van der Waals surface area contributed by atoms with Crippen LogP contribution in [0.5, 0.6) is 5.75 Å². The summed E-state index contributed by atoms with van der Waals surface area (Å²) in [5, 5.41) is 0. The van der Waals surface area contributed by atoms with E-state index in [4.69, 9.17) is 10.5 Å². The van der Waals surface area contributed by atoms with Crippen LogP contribution in [0.2, 0.25) is 0 Å². The van der Waals surface area contributed by atoms with Crippen LogP contribution in [-0.4, -0.2) is 12.9 Å². The molecule has 0 spiro atoms. The van der Waals surface area contributed by atoms with Gasteiger partial charge in [0.2, 0.25) is 0 Å². The normalized spacial score (nSPS) is 10.3. The van der Waals surface area contributed by atoms with Gasteiger partial charge in [-0.1, -0.05) is 22.0 Å².